The summed E-state index contributed by atoms with van der Waals surface area (Å²) in [5, 5.41) is 4.10. The maximum absolute atomic E-state index is 12.9. The van der Waals surface area contributed by atoms with Gasteiger partial charge in [-0.3, -0.25) is 0 Å². The van der Waals surface area contributed by atoms with E-state index in [1.807, 2.05) is 18.2 Å². The number of nitrogens with two attached hydrogens (primary N) is 1. The molecule has 0 saturated carbocycles. The highest BCUT2D eigenvalue weighted by Gasteiger charge is 2.06. The Hall–Kier alpha value is -2.43. The van der Waals surface area contributed by atoms with Crippen LogP contribution in [0.15, 0.2) is 42.5 Å². The van der Waals surface area contributed by atoms with E-state index in [1.165, 1.54) is 12.1 Å². The monoisotopic (exact) mass is 228 g/mol. The van der Waals surface area contributed by atoms with Gasteiger partial charge in [-0.2, -0.15) is 4.98 Å². The average Bonchev–Trinajstić information content (AvgIpc) is 2.70. The summed E-state index contributed by atoms with van der Waals surface area (Å²) in [6.07, 6.45) is 0. The topological polar surface area (TPSA) is 56.2 Å². The van der Waals surface area contributed by atoms with Gasteiger partial charge in [0, 0.05) is 5.56 Å². The van der Waals surface area contributed by atoms with Gasteiger partial charge in [0.1, 0.15) is 5.82 Å². The van der Waals surface area contributed by atoms with Crippen molar-refractivity contribution in [1.82, 2.24) is 14.6 Å². The molecule has 2 heterocycles. The minimum Gasteiger partial charge on any atom is -0.366 e. The first-order chi connectivity index (χ1) is 8.24. The number of nitrogen functional groups attached to an aromatic ring is 1. The lowest BCUT2D eigenvalue weighted by atomic mass is 10.1. The lowest BCUT2D eigenvalue weighted by Crippen LogP contribution is -1.94. The Balaban J connectivity index is 2.26. The highest BCUT2D eigenvalue weighted by Crippen LogP contribution is 2.20. The Morgan fingerprint density at radius 3 is 2.59 bits per heavy atom. The standard InChI is InChI=1S/C12H9FN4/c13-9-6-4-8(5-7-9)10-2-1-3-11-15-12(14)16-17(10)11/h1-7H,(H2,14,16). The van der Waals surface area contributed by atoms with Crippen molar-refractivity contribution < 1.29 is 4.39 Å². The Bertz CT molecular complexity index is 673. The van der Waals surface area contributed by atoms with Gasteiger partial charge < -0.3 is 5.73 Å². The molecule has 3 aromatic rings. The Kier molecular flexibility index (Phi) is 2.04. The van der Waals surface area contributed by atoms with Crippen LogP contribution in [0.1, 0.15) is 0 Å². The van der Waals surface area contributed by atoms with Crippen LogP contribution in [0.5, 0.6) is 0 Å². The number of hydrogen-bond acceptors (Lipinski definition) is 3. The lowest BCUT2D eigenvalue weighted by Gasteiger charge is -2.03. The molecule has 0 unspecified atom stereocenters. The molecule has 3 rings (SSSR count). The average molecular weight is 228 g/mol. The van der Waals surface area contributed by atoms with Gasteiger partial charge in [-0.15, -0.1) is 5.10 Å². The molecule has 0 bridgehead atoms. The fourth-order valence-corrected chi connectivity index (χ4v) is 1.76. The molecule has 0 fully saturated rings. The number of rotatable bonds is 1. The molecule has 1 aromatic carbocycles. The van der Waals surface area contributed by atoms with Crippen LogP contribution in [0.25, 0.3) is 16.9 Å². The van der Waals surface area contributed by atoms with E-state index < -0.39 is 0 Å². The van der Waals surface area contributed by atoms with Gasteiger partial charge in [0.05, 0.1) is 5.69 Å². The van der Waals surface area contributed by atoms with E-state index in [2.05, 4.69) is 10.1 Å². The Morgan fingerprint density at radius 2 is 1.82 bits per heavy atom. The molecule has 0 aliphatic rings. The fraction of sp³-hybridized carbons (Fsp3) is 0. The number of anilines is 1. The minimum atomic E-state index is -0.265. The van der Waals surface area contributed by atoms with Gasteiger partial charge in [-0.25, -0.2) is 8.91 Å². The second-order valence-corrected chi connectivity index (χ2v) is 3.66. The van der Waals surface area contributed by atoms with Crippen molar-refractivity contribution in [3.05, 3.63) is 48.3 Å². The molecule has 2 aromatic heterocycles. The first-order valence-electron chi connectivity index (χ1n) is 5.11. The summed E-state index contributed by atoms with van der Waals surface area (Å²) in [6, 6.07) is 11.8. The maximum Gasteiger partial charge on any atom is 0.240 e. The normalized spacial score (nSPS) is 10.9. The maximum atomic E-state index is 12.9. The van der Waals surface area contributed by atoms with Crippen LogP contribution in [-0.4, -0.2) is 14.6 Å². The molecule has 4 nitrogen and oxygen atoms in total. The van der Waals surface area contributed by atoms with Crippen molar-refractivity contribution in [2.45, 2.75) is 0 Å². The van der Waals surface area contributed by atoms with Gasteiger partial charge in [0.15, 0.2) is 5.65 Å². The van der Waals surface area contributed by atoms with Gasteiger partial charge in [0.25, 0.3) is 0 Å². The van der Waals surface area contributed by atoms with Crippen LogP contribution in [0, 0.1) is 5.82 Å². The molecular formula is C12H9FN4. The predicted octanol–water partition coefficient (Wildman–Crippen LogP) is 2.12. The van der Waals surface area contributed by atoms with E-state index in [1.54, 1.807) is 16.6 Å². The molecule has 0 atom stereocenters. The largest absolute Gasteiger partial charge is 0.366 e. The summed E-state index contributed by atoms with van der Waals surface area (Å²) < 4.78 is 14.5. The number of hydrogen-bond donors (Lipinski definition) is 1. The fourth-order valence-electron chi connectivity index (χ4n) is 1.76. The molecule has 0 radical (unpaired) electrons. The number of fused-ring (bicyclic) bond motifs is 1. The molecule has 0 aliphatic carbocycles. The molecule has 0 aliphatic heterocycles. The van der Waals surface area contributed by atoms with Crippen molar-refractivity contribution in [2.24, 2.45) is 0 Å². The molecule has 2 N–H and O–H groups in total. The zero-order valence-electron chi connectivity index (χ0n) is 8.84. The van der Waals surface area contributed by atoms with Crippen LogP contribution in [-0.2, 0) is 0 Å². The zero-order chi connectivity index (χ0) is 11.8. The van der Waals surface area contributed by atoms with Gasteiger partial charge in [0.2, 0.25) is 5.95 Å². The number of benzene rings is 1. The second kappa shape index (κ2) is 3.55. The third kappa shape index (κ3) is 1.61. The first-order valence-corrected chi connectivity index (χ1v) is 5.11. The van der Waals surface area contributed by atoms with Gasteiger partial charge in [-0.05, 0) is 36.4 Å². The number of aromatic nitrogens is 3. The van der Waals surface area contributed by atoms with E-state index in [9.17, 15) is 4.39 Å². The first kappa shape index (κ1) is 9.77. The van der Waals surface area contributed by atoms with Crippen LogP contribution in [0.3, 0.4) is 0 Å². The van der Waals surface area contributed by atoms with Crippen molar-refractivity contribution in [3.8, 4) is 11.3 Å². The summed E-state index contributed by atoms with van der Waals surface area (Å²) in [5.41, 5.74) is 7.92. The van der Waals surface area contributed by atoms with Crippen LogP contribution in [0.2, 0.25) is 0 Å². The molecule has 17 heavy (non-hydrogen) atoms. The second-order valence-electron chi connectivity index (χ2n) is 3.66. The third-order valence-electron chi connectivity index (χ3n) is 2.52. The van der Waals surface area contributed by atoms with Crippen molar-refractivity contribution >= 4 is 11.6 Å². The predicted molar refractivity (Wildman–Crippen MR) is 62.8 cm³/mol. The van der Waals surface area contributed by atoms with Gasteiger partial charge in [-0.1, -0.05) is 6.07 Å². The summed E-state index contributed by atoms with van der Waals surface area (Å²) in [7, 11) is 0. The number of pyridine rings is 1. The summed E-state index contributed by atoms with van der Waals surface area (Å²) in [6.45, 7) is 0. The van der Waals surface area contributed by atoms with Crippen LogP contribution < -0.4 is 5.73 Å². The number of nitrogens with zero attached hydrogens (tertiary/aromatic N) is 3. The van der Waals surface area contributed by atoms with E-state index in [4.69, 9.17) is 5.73 Å². The molecule has 5 heteroatoms. The van der Waals surface area contributed by atoms with E-state index in [0.717, 1.165) is 11.3 Å². The molecular weight excluding hydrogens is 219 g/mol. The molecule has 0 saturated heterocycles. The van der Waals surface area contributed by atoms with Crippen LogP contribution in [0.4, 0.5) is 10.3 Å². The minimum absolute atomic E-state index is 0.222. The smallest absolute Gasteiger partial charge is 0.240 e. The Morgan fingerprint density at radius 1 is 1.06 bits per heavy atom. The lowest BCUT2D eigenvalue weighted by molar-refractivity contribution is 0.628. The summed E-state index contributed by atoms with van der Waals surface area (Å²) in [4.78, 5) is 4.07. The molecule has 0 spiro atoms. The van der Waals surface area contributed by atoms with E-state index in [0.29, 0.717) is 5.65 Å². The summed E-state index contributed by atoms with van der Waals surface area (Å²) in [5.74, 6) is -0.0430. The molecule has 84 valence electrons. The van der Waals surface area contributed by atoms with E-state index >= 15 is 0 Å². The highest BCUT2D eigenvalue weighted by atomic mass is 19.1. The van der Waals surface area contributed by atoms with Crippen molar-refractivity contribution in [2.75, 3.05) is 5.73 Å². The molecule has 0 amide bonds. The SMILES string of the molecule is Nc1nc2cccc(-c3ccc(F)cc3)n2n1. The van der Waals surface area contributed by atoms with Crippen LogP contribution >= 0.6 is 0 Å². The zero-order valence-corrected chi connectivity index (χ0v) is 8.84. The highest BCUT2D eigenvalue weighted by molar-refractivity contribution is 5.63. The summed E-state index contributed by atoms with van der Waals surface area (Å²) >= 11 is 0. The quantitative estimate of drug-likeness (QED) is 0.694. The Labute approximate surface area is 96.5 Å². The number of halogens is 1. The van der Waals surface area contributed by atoms with Crippen molar-refractivity contribution in [3.63, 3.8) is 0 Å². The van der Waals surface area contributed by atoms with E-state index in [-0.39, 0.29) is 11.8 Å². The van der Waals surface area contributed by atoms with Crippen molar-refractivity contribution in [1.29, 1.82) is 0 Å². The third-order valence-corrected chi connectivity index (χ3v) is 2.52. The van der Waals surface area contributed by atoms with Gasteiger partial charge >= 0.3 is 0 Å².